The molecule has 0 unspecified atom stereocenters. The predicted molar refractivity (Wildman–Crippen MR) is 78.2 cm³/mol. The first-order chi connectivity index (χ1) is 10.2. The SMILES string of the molecule is N#Cc1ccc([N+](=O)[O-])c(NCCCN2CCOCC2)c1. The molecule has 1 aromatic carbocycles. The molecular formula is C14H18N4O3. The number of hydrogen-bond donors (Lipinski definition) is 1. The van der Waals surface area contributed by atoms with Crippen molar-refractivity contribution in [3.8, 4) is 6.07 Å². The van der Waals surface area contributed by atoms with Gasteiger partial charge in [0.15, 0.2) is 0 Å². The Balaban J connectivity index is 1.86. The second kappa shape index (κ2) is 7.57. The fourth-order valence-electron chi connectivity index (χ4n) is 2.26. The van der Waals surface area contributed by atoms with Crippen molar-refractivity contribution in [1.82, 2.24) is 4.90 Å². The number of morpholine rings is 1. The van der Waals surface area contributed by atoms with Crippen LogP contribution in [-0.4, -0.2) is 49.2 Å². The molecule has 1 aromatic rings. The minimum atomic E-state index is -0.439. The van der Waals surface area contributed by atoms with E-state index in [1.807, 2.05) is 6.07 Å². The van der Waals surface area contributed by atoms with Gasteiger partial charge in [0.25, 0.3) is 5.69 Å². The first kappa shape index (κ1) is 15.2. The minimum Gasteiger partial charge on any atom is -0.379 e. The van der Waals surface area contributed by atoms with Gasteiger partial charge in [-0.3, -0.25) is 15.0 Å². The molecule has 0 amide bonds. The van der Waals surface area contributed by atoms with Crippen molar-refractivity contribution in [3.05, 3.63) is 33.9 Å². The Hall–Kier alpha value is -2.17. The minimum absolute atomic E-state index is 0.000345. The van der Waals surface area contributed by atoms with Crippen LogP contribution in [0.4, 0.5) is 11.4 Å². The van der Waals surface area contributed by atoms with Gasteiger partial charge in [-0.05, 0) is 25.1 Å². The summed E-state index contributed by atoms with van der Waals surface area (Å²) in [6.45, 7) is 4.97. The Morgan fingerprint density at radius 3 is 2.86 bits per heavy atom. The van der Waals surface area contributed by atoms with Crippen molar-refractivity contribution in [2.75, 3.05) is 44.7 Å². The van der Waals surface area contributed by atoms with E-state index in [0.29, 0.717) is 17.8 Å². The van der Waals surface area contributed by atoms with Crippen LogP contribution in [0.5, 0.6) is 0 Å². The van der Waals surface area contributed by atoms with Crippen molar-refractivity contribution in [2.24, 2.45) is 0 Å². The Labute approximate surface area is 123 Å². The highest BCUT2D eigenvalue weighted by Crippen LogP contribution is 2.25. The maximum absolute atomic E-state index is 11.0. The van der Waals surface area contributed by atoms with E-state index in [1.165, 1.54) is 18.2 Å². The average molecular weight is 290 g/mol. The topological polar surface area (TPSA) is 91.4 Å². The number of benzene rings is 1. The summed E-state index contributed by atoms with van der Waals surface area (Å²) in [4.78, 5) is 12.8. The number of rotatable bonds is 6. The third kappa shape index (κ3) is 4.41. The number of nitrogens with one attached hydrogen (secondary N) is 1. The van der Waals surface area contributed by atoms with Gasteiger partial charge in [0.1, 0.15) is 5.69 Å². The fourth-order valence-corrected chi connectivity index (χ4v) is 2.26. The Bertz CT molecular complexity index is 536. The van der Waals surface area contributed by atoms with E-state index in [1.54, 1.807) is 0 Å². The van der Waals surface area contributed by atoms with E-state index in [9.17, 15) is 10.1 Å². The van der Waals surface area contributed by atoms with E-state index in [0.717, 1.165) is 39.3 Å². The summed E-state index contributed by atoms with van der Waals surface area (Å²) in [5.41, 5.74) is 0.817. The van der Waals surface area contributed by atoms with Crippen LogP contribution < -0.4 is 5.32 Å². The monoisotopic (exact) mass is 290 g/mol. The summed E-state index contributed by atoms with van der Waals surface area (Å²) in [5, 5.41) is 22.9. The maximum atomic E-state index is 11.0. The highest BCUT2D eigenvalue weighted by molar-refractivity contribution is 5.64. The van der Waals surface area contributed by atoms with Gasteiger partial charge in [0.2, 0.25) is 0 Å². The molecule has 0 saturated carbocycles. The van der Waals surface area contributed by atoms with Gasteiger partial charge in [-0.1, -0.05) is 0 Å². The molecule has 1 N–H and O–H groups in total. The van der Waals surface area contributed by atoms with Crippen LogP contribution in [0.15, 0.2) is 18.2 Å². The number of ether oxygens (including phenoxy) is 1. The maximum Gasteiger partial charge on any atom is 0.292 e. The zero-order valence-corrected chi connectivity index (χ0v) is 11.7. The van der Waals surface area contributed by atoms with E-state index >= 15 is 0 Å². The van der Waals surface area contributed by atoms with Crippen LogP contribution in [0.3, 0.4) is 0 Å². The molecule has 0 atom stereocenters. The van der Waals surface area contributed by atoms with Crippen LogP contribution in [0.25, 0.3) is 0 Å². The molecule has 112 valence electrons. The van der Waals surface area contributed by atoms with Gasteiger partial charge < -0.3 is 10.1 Å². The summed E-state index contributed by atoms with van der Waals surface area (Å²) in [7, 11) is 0. The Kier molecular flexibility index (Phi) is 5.49. The molecule has 0 aromatic heterocycles. The number of nitro benzene ring substituents is 1. The Morgan fingerprint density at radius 2 is 2.19 bits per heavy atom. The molecule has 0 radical (unpaired) electrons. The first-order valence-corrected chi connectivity index (χ1v) is 6.93. The molecule has 7 nitrogen and oxygen atoms in total. The molecule has 1 saturated heterocycles. The van der Waals surface area contributed by atoms with E-state index < -0.39 is 4.92 Å². The van der Waals surface area contributed by atoms with E-state index in [4.69, 9.17) is 10.00 Å². The standard InChI is InChI=1S/C14H18N4O3/c15-11-12-2-3-14(18(19)20)13(10-12)16-4-1-5-17-6-8-21-9-7-17/h2-3,10,16H,1,4-9H2. The molecule has 7 heteroatoms. The molecule has 21 heavy (non-hydrogen) atoms. The lowest BCUT2D eigenvalue weighted by Crippen LogP contribution is -2.37. The lowest BCUT2D eigenvalue weighted by molar-refractivity contribution is -0.384. The summed E-state index contributed by atoms with van der Waals surface area (Å²) >= 11 is 0. The average Bonchev–Trinajstić information content (AvgIpc) is 2.52. The summed E-state index contributed by atoms with van der Waals surface area (Å²) in [5.74, 6) is 0. The summed E-state index contributed by atoms with van der Waals surface area (Å²) in [6, 6.07) is 6.33. The Morgan fingerprint density at radius 1 is 1.43 bits per heavy atom. The number of nitriles is 1. The van der Waals surface area contributed by atoms with Gasteiger partial charge in [-0.25, -0.2) is 0 Å². The molecule has 1 aliphatic heterocycles. The van der Waals surface area contributed by atoms with Crippen molar-refractivity contribution in [3.63, 3.8) is 0 Å². The van der Waals surface area contributed by atoms with Crippen molar-refractivity contribution < 1.29 is 9.66 Å². The molecular weight excluding hydrogens is 272 g/mol. The van der Waals surface area contributed by atoms with Gasteiger partial charge in [0.05, 0.1) is 29.8 Å². The second-order valence-corrected chi connectivity index (χ2v) is 4.84. The van der Waals surface area contributed by atoms with Crippen LogP contribution in [0.2, 0.25) is 0 Å². The highest BCUT2D eigenvalue weighted by atomic mass is 16.6. The van der Waals surface area contributed by atoms with Gasteiger partial charge >= 0.3 is 0 Å². The summed E-state index contributed by atoms with van der Waals surface area (Å²) < 4.78 is 5.28. The number of nitrogens with zero attached hydrogens (tertiary/aromatic N) is 3. The van der Waals surface area contributed by atoms with Gasteiger partial charge in [0, 0.05) is 25.7 Å². The van der Waals surface area contributed by atoms with Crippen LogP contribution in [0, 0.1) is 21.4 Å². The number of nitro groups is 1. The molecule has 0 spiro atoms. The first-order valence-electron chi connectivity index (χ1n) is 6.93. The molecule has 1 heterocycles. The van der Waals surface area contributed by atoms with Crippen molar-refractivity contribution in [2.45, 2.75) is 6.42 Å². The fraction of sp³-hybridized carbons (Fsp3) is 0.500. The highest BCUT2D eigenvalue weighted by Gasteiger charge is 2.14. The predicted octanol–water partition coefficient (Wildman–Crippen LogP) is 1.60. The molecule has 1 aliphatic rings. The molecule has 0 aliphatic carbocycles. The molecule has 0 bridgehead atoms. The third-order valence-electron chi connectivity index (χ3n) is 3.39. The molecule has 2 rings (SSSR count). The molecule has 1 fully saturated rings. The zero-order valence-electron chi connectivity index (χ0n) is 11.7. The van der Waals surface area contributed by atoms with Crippen molar-refractivity contribution in [1.29, 1.82) is 5.26 Å². The van der Waals surface area contributed by atoms with E-state index in [-0.39, 0.29) is 5.69 Å². The zero-order chi connectivity index (χ0) is 15.1. The number of hydrogen-bond acceptors (Lipinski definition) is 6. The largest absolute Gasteiger partial charge is 0.379 e. The van der Waals surface area contributed by atoms with Crippen LogP contribution in [-0.2, 0) is 4.74 Å². The smallest absolute Gasteiger partial charge is 0.292 e. The third-order valence-corrected chi connectivity index (χ3v) is 3.39. The quantitative estimate of drug-likeness (QED) is 0.486. The normalized spacial score (nSPS) is 15.4. The van der Waals surface area contributed by atoms with Gasteiger partial charge in [-0.15, -0.1) is 0 Å². The van der Waals surface area contributed by atoms with Crippen molar-refractivity contribution >= 4 is 11.4 Å². The van der Waals surface area contributed by atoms with Crippen LogP contribution in [0.1, 0.15) is 12.0 Å². The van der Waals surface area contributed by atoms with Gasteiger partial charge in [-0.2, -0.15) is 5.26 Å². The summed E-state index contributed by atoms with van der Waals surface area (Å²) in [6.07, 6.45) is 0.883. The number of anilines is 1. The lowest BCUT2D eigenvalue weighted by Gasteiger charge is -2.26. The van der Waals surface area contributed by atoms with E-state index in [2.05, 4.69) is 10.2 Å². The lowest BCUT2D eigenvalue weighted by atomic mass is 10.2. The van der Waals surface area contributed by atoms with Crippen LogP contribution >= 0.6 is 0 Å². The second-order valence-electron chi connectivity index (χ2n) is 4.84.